The maximum Gasteiger partial charge on any atom is 0.231 e. The number of fused-ring (bicyclic) bond motifs is 1. The van der Waals surface area contributed by atoms with Crippen molar-refractivity contribution in [2.75, 3.05) is 16.8 Å². The van der Waals surface area contributed by atoms with E-state index in [1.165, 1.54) is 6.33 Å². The zero-order valence-electron chi connectivity index (χ0n) is 14.3. The standard InChI is InChI=1S/C16H18N8O2S/c17-27(25,26)8-11-2-1-3-12(6-11)22-15-20-10-21-16(23-15)24-5-4-13-14(7-24)19-9-18-13/h1-3,6,9-10H,4-5,7-8H2,(H,18,19)(H2,17,25,26)(H,20,21,22,23). The number of H-pyrrole nitrogens is 1. The van der Waals surface area contributed by atoms with Crippen molar-refractivity contribution in [2.45, 2.75) is 18.7 Å². The van der Waals surface area contributed by atoms with Crippen molar-refractivity contribution >= 4 is 27.6 Å². The first-order valence-electron chi connectivity index (χ1n) is 8.28. The van der Waals surface area contributed by atoms with Gasteiger partial charge in [-0.25, -0.2) is 28.5 Å². The Kier molecular flexibility index (Phi) is 4.46. The van der Waals surface area contributed by atoms with E-state index in [2.05, 4.69) is 30.2 Å². The molecule has 0 radical (unpaired) electrons. The molecule has 0 aliphatic carbocycles. The van der Waals surface area contributed by atoms with Crippen LogP contribution in [0.1, 0.15) is 17.0 Å². The van der Waals surface area contributed by atoms with Crippen molar-refractivity contribution in [1.29, 1.82) is 0 Å². The number of aromatic nitrogens is 5. The van der Waals surface area contributed by atoms with Crippen molar-refractivity contribution < 1.29 is 8.42 Å². The van der Waals surface area contributed by atoms with Gasteiger partial charge in [0, 0.05) is 18.7 Å². The molecular formula is C16H18N8O2S. The lowest BCUT2D eigenvalue weighted by Crippen LogP contribution is -2.32. The maximum atomic E-state index is 11.3. The summed E-state index contributed by atoms with van der Waals surface area (Å²) in [7, 11) is -3.59. The molecule has 10 nitrogen and oxygen atoms in total. The highest BCUT2D eigenvalue weighted by Gasteiger charge is 2.20. The minimum atomic E-state index is -3.59. The molecule has 27 heavy (non-hydrogen) atoms. The van der Waals surface area contributed by atoms with Crippen LogP contribution in [0.3, 0.4) is 0 Å². The van der Waals surface area contributed by atoms with Gasteiger partial charge in [0.25, 0.3) is 0 Å². The Labute approximate surface area is 155 Å². The minimum Gasteiger partial charge on any atom is -0.347 e. The fourth-order valence-electron chi connectivity index (χ4n) is 2.98. The zero-order chi connectivity index (χ0) is 18.9. The fraction of sp³-hybridized carbons (Fsp3) is 0.250. The monoisotopic (exact) mass is 386 g/mol. The van der Waals surface area contributed by atoms with Gasteiger partial charge in [0.1, 0.15) is 6.33 Å². The molecule has 4 rings (SSSR count). The van der Waals surface area contributed by atoms with Gasteiger partial charge in [-0.05, 0) is 17.7 Å². The van der Waals surface area contributed by atoms with Gasteiger partial charge in [-0.2, -0.15) is 4.98 Å². The van der Waals surface area contributed by atoms with Gasteiger partial charge in [0.05, 0.1) is 30.0 Å². The largest absolute Gasteiger partial charge is 0.347 e. The highest BCUT2D eigenvalue weighted by molar-refractivity contribution is 7.88. The fourth-order valence-corrected chi connectivity index (χ4v) is 3.63. The summed E-state index contributed by atoms with van der Waals surface area (Å²) >= 11 is 0. The summed E-state index contributed by atoms with van der Waals surface area (Å²) < 4.78 is 22.5. The van der Waals surface area contributed by atoms with E-state index in [-0.39, 0.29) is 5.75 Å². The first-order valence-corrected chi connectivity index (χ1v) is 9.99. The van der Waals surface area contributed by atoms with Crippen molar-refractivity contribution in [2.24, 2.45) is 5.14 Å². The van der Waals surface area contributed by atoms with E-state index in [0.29, 0.717) is 29.7 Å². The SMILES string of the molecule is NS(=O)(=O)Cc1cccc(Nc2ncnc(N3CCc4nc[nH]c4C3)n2)c1. The van der Waals surface area contributed by atoms with Crippen molar-refractivity contribution in [3.8, 4) is 0 Å². The molecule has 4 N–H and O–H groups in total. The highest BCUT2D eigenvalue weighted by atomic mass is 32.2. The van der Waals surface area contributed by atoms with E-state index < -0.39 is 10.0 Å². The van der Waals surface area contributed by atoms with Gasteiger partial charge >= 0.3 is 0 Å². The number of aromatic amines is 1. The predicted molar refractivity (Wildman–Crippen MR) is 99.7 cm³/mol. The minimum absolute atomic E-state index is 0.231. The molecule has 1 aliphatic rings. The first kappa shape index (κ1) is 17.4. The molecule has 3 heterocycles. The molecule has 2 aromatic heterocycles. The highest BCUT2D eigenvalue weighted by Crippen LogP contribution is 2.21. The number of nitrogens with zero attached hydrogens (tertiary/aromatic N) is 5. The third-order valence-electron chi connectivity index (χ3n) is 4.17. The second kappa shape index (κ2) is 6.93. The van der Waals surface area contributed by atoms with E-state index in [0.717, 1.165) is 24.4 Å². The van der Waals surface area contributed by atoms with Crippen LogP contribution in [0.4, 0.5) is 17.6 Å². The lowest BCUT2D eigenvalue weighted by atomic mass is 10.1. The van der Waals surface area contributed by atoms with Crippen LogP contribution in [0.2, 0.25) is 0 Å². The molecular weight excluding hydrogens is 368 g/mol. The number of anilines is 3. The average Bonchev–Trinajstić information content (AvgIpc) is 3.08. The number of imidazole rings is 1. The molecule has 0 saturated heterocycles. The summed E-state index contributed by atoms with van der Waals surface area (Å²) in [6, 6.07) is 6.94. The average molecular weight is 386 g/mol. The van der Waals surface area contributed by atoms with E-state index in [9.17, 15) is 8.42 Å². The number of rotatable bonds is 5. The maximum absolute atomic E-state index is 11.3. The Morgan fingerprint density at radius 2 is 2.15 bits per heavy atom. The summed E-state index contributed by atoms with van der Waals surface area (Å²) in [6.45, 7) is 1.42. The van der Waals surface area contributed by atoms with Crippen molar-refractivity contribution in [1.82, 2.24) is 24.9 Å². The van der Waals surface area contributed by atoms with E-state index in [4.69, 9.17) is 5.14 Å². The van der Waals surface area contributed by atoms with Crippen molar-refractivity contribution in [3.05, 3.63) is 53.9 Å². The van der Waals surface area contributed by atoms with Crippen LogP contribution in [0.25, 0.3) is 0 Å². The number of sulfonamides is 1. The van der Waals surface area contributed by atoms with Gasteiger partial charge in [-0.1, -0.05) is 12.1 Å². The number of nitrogens with two attached hydrogens (primary N) is 1. The van der Waals surface area contributed by atoms with Crippen LogP contribution in [-0.2, 0) is 28.7 Å². The number of nitrogens with one attached hydrogen (secondary N) is 2. The van der Waals surface area contributed by atoms with Gasteiger partial charge < -0.3 is 15.2 Å². The molecule has 0 fully saturated rings. The molecule has 11 heteroatoms. The van der Waals surface area contributed by atoms with Crippen LogP contribution < -0.4 is 15.4 Å². The van der Waals surface area contributed by atoms with E-state index in [1.807, 2.05) is 4.90 Å². The van der Waals surface area contributed by atoms with Gasteiger partial charge in [-0.3, -0.25) is 0 Å². The Hall–Kier alpha value is -3.05. The number of hydrogen-bond acceptors (Lipinski definition) is 8. The Morgan fingerprint density at radius 1 is 1.26 bits per heavy atom. The molecule has 3 aromatic rings. The van der Waals surface area contributed by atoms with Crippen LogP contribution in [0.5, 0.6) is 0 Å². The van der Waals surface area contributed by atoms with E-state index in [1.54, 1.807) is 30.6 Å². The second-order valence-corrected chi connectivity index (χ2v) is 7.86. The summed E-state index contributed by atoms with van der Waals surface area (Å²) in [5, 5.41) is 8.18. The predicted octanol–water partition coefficient (Wildman–Crippen LogP) is 0.689. The van der Waals surface area contributed by atoms with Gasteiger partial charge in [-0.15, -0.1) is 0 Å². The zero-order valence-corrected chi connectivity index (χ0v) is 15.1. The Morgan fingerprint density at radius 3 is 3.00 bits per heavy atom. The summed E-state index contributed by atoms with van der Waals surface area (Å²) in [6.07, 6.45) is 3.97. The first-order chi connectivity index (χ1) is 13.0. The Balaban J connectivity index is 1.51. The van der Waals surface area contributed by atoms with Gasteiger partial charge in [0.2, 0.25) is 21.9 Å². The lowest BCUT2D eigenvalue weighted by molar-refractivity contribution is 0.597. The molecule has 140 valence electrons. The third-order valence-corrected chi connectivity index (χ3v) is 4.90. The van der Waals surface area contributed by atoms with Gasteiger partial charge in [0.15, 0.2) is 0 Å². The molecule has 0 atom stereocenters. The topological polar surface area (TPSA) is 143 Å². The van der Waals surface area contributed by atoms with Crippen LogP contribution >= 0.6 is 0 Å². The lowest BCUT2D eigenvalue weighted by Gasteiger charge is -2.26. The summed E-state index contributed by atoms with van der Waals surface area (Å²) in [4.78, 5) is 22.4. The quantitative estimate of drug-likeness (QED) is 0.581. The number of primary sulfonamides is 1. The smallest absolute Gasteiger partial charge is 0.231 e. The number of hydrogen-bond donors (Lipinski definition) is 3. The summed E-state index contributed by atoms with van der Waals surface area (Å²) in [5.41, 5.74) is 3.39. The van der Waals surface area contributed by atoms with Crippen LogP contribution in [0.15, 0.2) is 36.9 Å². The molecule has 0 saturated carbocycles. The molecule has 0 amide bonds. The normalized spacial score (nSPS) is 14.0. The molecule has 1 aliphatic heterocycles. The van der Waals surface area contributed by atoms with Crippen LogP contribution in [-0.4, -0.2) is 39.9 Å². The van der Waals surface area contributed by atoms with Crippen molar-refractivity contribution in [3.63, 3.8) is 0 Å². The number of benzene rings is 1. The molecule has 0 bridgehead atoms. The molecule has 1 aromatic carbocycles. The summed E-state index contributed by atoms with van der Waals surface area (Å²) in [5.74, 6) is 0.710. The van der Waals surface area contributed by atoms with Crippen LogP contribution in [0, 0.1) is 0 Å². The second-order valence-electron chi connectivity index (χ2n) is 6.24. The molecule has 0 spiro atoms. The Bertz CT molecular complexity index is 1070. The molecule has 0 unspecified atom stereocenters. The third kappa shape index (κ3) is 4.20. The van der Waals surface area contributed by atoms with E-state index >= 15 is 0 Å².